The predicted molar refractivity (Wildman–Crippen MR) is 130 cm³/mol. The van der Waals surface area contributed by atoms with E-state index in [-0.39, 0.29) is 11.7 Å². The zero-order valence-electron chi connectivity index (χ0n) is 18.0. The van der Waals surface area contributed by atoms with Crippen molar-refractivity contribution in [2.24, 2.45) is 5.10 Å². The highest BCUT2D eigenvalue weighted by Gasteiger charge is 2.24. The Hall–Kier alpha value is -2.64. The van der Waals surface area contributed by atoms with Crippen molar-refractivity contribution in [2.45, 2.75) is 50.2 Å². The van der Waals surface area contributed by atoms with Crippen LogP contribution in [0.25, 0.3) is 11.4 Å². The van der Waals surface area contributed by atoms with Crippen molar-refractivity contribution in [2.75, 3.05) is 5.75 Å². The van der Waals surface area contributed by atoms with E-state index in [1.807, 2.05) is 61.5 Å². The van der Waals surface area contributed by atoms with Gasteiger partial charge in [0.2, 0.25) is 0 Å². The third-order valence-electron chi connectivity index (χ3n) is 5.58. The van der Waals surface area contributed by atoms with E-state index in [4.69, 9.17) is 11.6 Å². The normalized spacial score (nSPS) is 15.0. The molecule has 2 aromatic carbocycles. The second-order valence-electron chi connectivity index (χ2n) is 7.86. The van der Waals surface area contributed by atoms with Crippen LogP contribution < -0.4 is 5.43 Å². The average Bonchev–Trinajstić information content (AvgIpc) is 3.26. The van der Waals surface area contributed by atoms with Gasteiger partial charge >= 0.3 is 0 Å². The van der Waals surface area contributed by atoms with Crippen LogP contribution in [-0.2, 0) is 4.79 Å². The largest absolute Gasteiger partial charge is 0.299 e. The molecule has 0 atom stereocenters. The van der Waals surface area contributed by atoms with Crippen molar-refractivity contribution in [3.63, 3.8) is 0 Å². The Morgan fingerprint density at radius 1 is 1.09 bits per heavy atom. The molecular formula is C24H26ClN5OS. The molecule has 32 heavy (non-hydrogen) atoms. The van der Waals surface area contributed by atoms with Crippen LogP contribution in [0, 0.1) is 0 Å². The van der Waals surface area contributed by atoms with E-state index in [0.717, 1.165) is 40.7 Å². The molecule has 3 aromatic rings. The molecule has 6 nitrogen and oxygen atoms in total. The van der Waals surface area contributed by atoms with Crippen LogP contribution in [0.4, 0.5) is 0 Å². The standard InChI is InChI=1S/C24H26ClN5OS/c1-17(18-8-4-2-5-9-18)26-27-22(31)16-32-24-29-28-23(19-12-14-20(25)15-13-19)30(24)21-10-6-3-7-11-21/h2,4-5,8-9,12-15,21H,3,6-7,10-11,16H2,1H3,(H,27,31)/b26-17-. The smallest absolute Gasteiger partial charge is 0.250 e. The second kappa shape index (κ2) is 10.8. The average molecular weight is 468 g/mol. The van der Waals surface area contributed by atoms with Crippen LogP contribution in [0.1, 0.15) is 50.6 Å². The molecule has 166 valence electrons. The monoisotopic (exact) mass is 467 g/mol. The summed E-state index contributed by atoms with van der Waals surface area (Å²) in [5.74, 6) is 0.878. The molecule has 1 aromatic heterocycles. The first-order valence-corrected chi connectivity index (χ1v) is 12.2. The third kappa shape index (κ3) is 5.58. The maximum atomic E-state index is 12.4. The highest BCUT2D eigenvalue weighted by Crippen LogP contribution is 2.35. The first-order chi connectivity index (χ1) is 15.6. The quantitative estimate of drug-likeness (QED) is 0.273. The minimum atomic E-state index is -0.170. The Labute approximate surface area is 197 Å². The maximum absolute atomic E-state index is 12.4. The van der Waals surface area contributed by atoms with Gasteiger partial charge in [-0.05, 0) is 49.6 Å². The van der Waals surface area contributed by atoms with Crippen molar-refractivity contribution in [1.82, 2.24) is 20.2 Å². The summed E-state index contributed by atoms with van der Waals surface area (Å²) in [6.07, 6.45) is 5.85. The number of hydrogen-bond donors (Lipinski definition) is 1. The SMILES string of the molecule is C/C(=N/NC(=O)CSc1nnc(-c2ccc(Cl)cc2)n1C1CCCCC1)c1ccccc1. The molecule has 1 amide bonds. The molecule has 0 radical (unpaired) electrons. The Morgan fingerprint density at radius 2 is 1.81 bits per heavy atom. The second-order valence-corrected chi connectivity index (χ2v) is 9.24. The molecule has 1 aliphatic carbocycles. The molecular weight excluding hydrogens is 442 g/mol. The van der Waals surface area contributed by atoms with Crippen molar-refractivity contribution < 1.29 is 4.79 Å². The van der Waals surface area contributed by atoms with Crippen molar-refractivity contribution in [3.8, 4) is 11.4 Å². The minimum absolute atomic E-state index is 0.170. The first-order valence-electron chi connectivity index (χ1n) is 10.8. The molecule has 1 N–H and O–H groups in total. The lowest BCUT2D eigenvalue weighted by Gasteiger charge is -2.25. The van der Waals surface area contributed by atoms with Gasteiger partial charge in [0, 0.05) is 16.6 Å². The number of carbonyl (C=O) groups excluding carboxylic acids is 1. The summed E-state index contributed by atoms with van der Waals surface area (Å²) in [7, 11) is 0. The lowest BCUT2D eigenvalue weighted by Crippen LogP contribution is -2.22. The van der Waals surface area contributed by atoms with Crippen LogP contribution in [0.5, 0.6) is 0 Å². The molecule has 0 spiro atoms. The Balaban J connectivity index is 1.48. The fourth-order valence-electron chi connectivity index (χ4n) is 3.89. The van der Waals surface area contributed by atoms with Gasteiger partial charge < -0.3 is 0 Å². The summed E-state index contributed by atoms with van der Waals surface area (Å²) >= 11 is 7.46. The number of nitrogens with zero attached hydrogens (tertiary/aromatic N) is 4. The van der Waals surface area contributed by atoms with Crippen LogP contribution in [-0.4, -0.2) is 32.1 Å². The molecule has 1 aliphatic rings. The number of rotatable bonds is 7. The maximum Gasteiger partial charge on any atom is 0.250 e. The Bertz CT molecular complexity index is 1080. The van der Waals surface area contributed by atoms with E-state index in [9.17, 15) is 4.79 Å². The van der Waals surface area contributed by atoms with Crippen molar-refractivity contribution in [1.29, 1.82) is 0 Å². The number of halogens is 1. The molecule has 0 unspecified atom stereocenters. The van der Waals surface area contributed by atoms with Gasteiger partial charge in [-0.25, -0.2) is 5.43 Å². The number of carbonyl (C=O) groups is 1. The van der Waals surface area contributed by atoms with Crippen molar-refractivity contribution in [3.05, 3.63) is 65.2 Å². The third-order valence-corrected chi connectivity index (χ3v) is 6.77. The van der Waals surface area contributed by atoms with Gasteiger partial charge in [0.25, 0.3) is 5.91 Å². The van der Waals surface area contributed by atoms with E-state index in [2.05, 4.69) is 25.3 Å². The van der Waals surface area contributed by atoms with Crippen LogP contribution in [0.2, 0.25) is 5.02 Å². The summed E-state index contributed by atoms with van der Waals surface area (Å²) in [6, 6.07) is 17.8. The molecule has 1 fully saturated rings. The molecule has 1 saturated carbocycles. The number of hydrogen-bond acceptors (Lipinski definition) is 5. The van der Waals surface area contributed by atoms with Gasteiger partial charge in [0.1, 0.15) is 0 Å². The number of amides is 1. The molecule has 8 heteroatoms. The predicted octanol–water partition coefficient (Wildman–Crippen LogP) is 5.74. The molecule has 0 aliphatic heterocycles. The fraction of sp³-hybridized carbons (Fsp3) is 0.333. The lowest BCUT2D eigenvalue weighted by molar-refractivity contribution is -0.118. The van der Waals surface area contributed by atoms with Gasteiger partial charge in [-0.3, -0.25) is 9.36 Å². The van der Waals surface area contributed by atoms with Gasteiger partial charge in [-0.1, -0.05) is 73.0 Å². The van der Waals surface area contributed by atoms with Crippen LogP contribution >= 0.6 is 23.4 Å². The van der Waals surface area contributed by atoms with E-state index in [0.29, 0.717) is 11.1 Å². The van der Waals surface area contributed by atoms with E-state index < -0.39 is 0 Å². The zero-order valence-corrected chi connectivity index (χ0v) is 19.6. The minimum Gasteiger partial charge on any atom is -0.299 e. The fourth-order valence-corrected chi connectivity index (χ4v) is 4.82. The number of nitrogens with one attached hydrogen (secondary N) is 1. The van der Waals surface area contributed by atoms with E-state index in [1.165, 1.54) is 31.0 Å². The van der Waals surface area contributed by atoms with Gasteiger partial charge in [0.15, 0.2) is 11.0 Å². The summed E-state index contributed by atoms with van der Waals surface area (Å²) in [4.78, 5) is 12.4. The van der Waals surface area contributed by atoms with Crippen LogP contribution in [0.15, 0.2) is 64.9 Å². The number of thioether (sulfide) groups is 1. The number of aromatic nitrogens is 3. The molecule has 0 bridgehead atoms. The van der Waals surface area contributed by atoms with Crippen molar-refractivity contribution >= 4 is 35.0 Å². The van der Waals surface area contributed by atoms with Gasteiger partial charge in [-0.2, -0.15) is 5.10 Å². The first kappa shape index (κ1) is 22.6. The Morgan fingerprint density at radius 3 is 2.53 bits per heavy atom. The van der Waals surface area contributed by atoms with E-state index in [1.54, 1.807) is 0 Å². The topological polar surface area (TPSA) is 72.2 Å². The number of hydrazone groups is 1. The molecule has 0 saturated heterocycles. The summed E-state index contributed by atoms with van der Waals surface area (Å²) < 4.78 is 2.21. The summed E-state index contributed by atoms with van der Waals surface area (Å²) in [5, 5.41) is 14.6. The number of benzene rings is 2. The highest BCUT2D eigenvalue weighted by atomic mass is 35.5. The summed E-state index contributed by atoms with van der Waals surface area (Å²) in [5.41, 5.74) is 5.37. The van der Waals surface area contributed by atoms with E-state index >= 15 is 0 Å². The molecule has 1 heterocycles. The van der Waals surface area contributed by atoms with Gasteiger partial charge in [-0.15, -0.1) is 10.2 Å². The zero-order chi connectivity index (χ0) is 22.3. The van der Waals surface area contributed by atoms with Gasteiger partial charge in [0.05, 0.1) is 11.5 Å². The Kier molecular flexibility index (Phi) is 7.60. The summed E-state index contributed by atoms with van der Waals surface area (Å²) in [6.45, 7) is 1.88. The highest BCUT2D eigenvalue weighted by molar-refractivity contribution is 7.99. The molecule has 4 rings (SSSR count). The van der Waals surface area contributed by atoms with Crippen LogP contribution in [0.3, 0.4) is 0 Å². The lowest BCUT2D eigenvalue weighted by atomic mass is 9.95.